The van der Waals surface area contributed by atoms with Crippen molar-refractivity contribution in [3.63, 3.8) is 0 Å². The molecule has 8 heteroatoms. The van der Waals surface area contributed by atoms with Crippen molar-refractivity contribution in [2.75, 3.05) is 24.7 Å². The number of hydrogen-bond acceptors (Lipinski definition) is 3. The number of thioether (sulfide) groups is 1. The van der Waals surface area contributed by atoms with Crippen LogP contribution in [0.25, 0.3) is 0 Å². The van der Waals surface area contributed by atoms with Crippen molar-refractivity contribution in [1.82, 2.24) is 4.90 Å². The molecule has 0 unspecified atom stereocenters. The van der Waals surface area contributed by atoms with Gasteiger partial charge in [-0.1, -0.05) is 40.9 Å². The number of hydrogen-bond donors (Lipinski definition) is 1. The van der Waals surface area contributed by atoms with E-state index in [0.29, 0.717) is 25.9 Å². The lowest BCUT2D eigenvalue weighted by molar-refractivity contribution is 0.415. The van der Waals surface area contributed by atoms with Crippen LogP contribution in [0.1, 0.15) is 10.9 Å². The van der Waals surface area contributed by atoms with Gasteiger partial charge in [0.2, 0.25) is 0 Å². The van der Waals surface area contributed by atoms with E-state index in [1.165, 1.54) is 0 Å². The van der Waals surface area contributed by atoms with E-state index in [2.05, 4.69) is 10.2 Å². The van der Waals surface area contributed by atoms with Crippen molar-refractivity contribution in [3.05, 3.63) is 57.0 Å². The first-order chi connectivity index (χ1) is 12.0. The standard InChI is InChI=1S/C17H15Cl3N2OS2/c1-23-15-5-3-11(9-14(15)20)21-17(24)22-6-7-25-16(22)12-4-2-10(18)8-13(12)19/h2-5,8-9,16H,6-7H2,1H3,(H,21,24)/t16-/m0/s1. The first-order valence-corrected chi connectivity index (χ1v) is 10.1. The third kappa shape index (κ3) is 4.29. The highest BCUT2D eigenvalue weighted by molar-refractivity contribution is 7.99. The molecule has 0 radical (unpaired) electrons. The fourth-order valence-corrected chi connectivity index (χ4v) is 5.09. The van der Waals surface area contributed by atoms with Crippen LogP contribution in [0.5, 0.6) is 5.75 Å². The predicted octanol–water partition coefficient (Wildman–Crippen LogP) is 6.10. The van der Waals surface area contributed by atoms with Gasteiger partial charge in [-0.25, -0.2) is 0 Å². The van der Waals surface area contributed by atoms with Crippen molar-refractivity contribution in [1.29, 1.82) is 0 Å². The Balaban J connectivity index is 1.78. The lowest BCUT2D eigenvalue weighted by atomic mass is 10.2. The number of rotatable bonds is 3. The number of nitrogens with one attached hydrogen (secondary N) is 1. The predicted molar refractivity (Wildman–Crippen MR) is 113 cm³/mol. The van der Waals surface area contributed by atoms with E-state index >= 15 is 0 Å². The van der Waals surface area contributed by atoms with Crippen LogP contribution in [0.4, 0.5) is 5.69 Å². The molecule has 1 aliphatic rings. The molecule has 132 valence electrons. The Hall–Kier alpha value is -0.850. The summed E-state index contributed by atoms with van der Waals surface area (Å²) in [6.07, 6.45) is 0. The number of anilines is 1. The monoisotopic (exact) mass is 432 g/mol. The van der Waals surface area contributed by atoms with Crippen molar-refractivity contribution in [2.24, 2.45) is 0 Å². The van der Waals surface area contributed by atoms with Gasteiger partial charge in [-0.15, -0.1) is 11.8 Å². The highest BCUT2D eigenvalue weighted by atomic mass is 35.5. The van der Waals surface area contributed by atoms with Gasteiger partial charge >= 0.3 is 0 Å². The number of halogens is 3. The van der Waals surface area contributed by atoms with E-state index < -0.39 is 0 Å². The molecule has 1 heterocycles. The molecule has 2 aromatic carbocycles. The normalized spacial score (nSPS) is 16.8. The minimum absolute atomic E-state index is 0.0542. The van der Waals surface area contributed by atoms with Gasteiger partial charge in [-0.2, -0.15) is 0 Å². The second-order valence-corrected chi connectivity index (χ2v) is 8.19. The average molecular weight is 434 g/mol. The number of thiocarbonyl (C=S) groups is 1. The van der Waals surface area contributed by atoms with Crippen molar-refractivity contribution in [2.45, 2.75) is 5.37 Å². The largest absolute Gasteiger partial charge is 0.495 e. The van der Waals surface area contributed by atoms with Crippen molar-refractivity contribution >= 4 is 69.6 Å². The number of benzene rings is 2. The van der Waals surface area contributed by atoms with Gasteiger partial charge in [0.25, 0.3) is 0 Å². The van der Waals surface area contributed by atoms with Crippen LogP contribution in [0.15, 0.2) is 36.4 Å². The molecule has 0 saturated carbocycles. The molecule has 0 amide bonds. The van der Waals surface area contributed by atoms with Gasteiger partial charge < -0.3 is 15.0 Å². The van der Waals surface area contributed by atoms with E-state index in [4.69, 9.17) is 51.8 Å². The molecular weight excluding hydrogens is 419 g/mol. The molecule has 1 atom stereocenters. The van der Waals surface area contributed by atoms with Crippen LogP contribution in [-0.4, -0.2) is 29.4 Å². The highest BCUT2D eigenvalue weighted by Gasteiger charge is 2.30. The van der Waals surface area contributed by atoms with Crippen LogP contribution in [-0.2, 0) is 0 Å². The Morgan fingerprint density at radius 3 is 2.68 bits per heavy atom. The van der Waals surface area contributed by atoms with Crippen LogP contribution >= 0.6 is 58.8 Å². The zero-order valence-electron chi connectivity index (χ0n) is 13.3. The summed E-state index contributed by atoms with van der Waals surface area (Å²) in [5, 5.41) is 5.72. The third-order valence-corrected chi connectivity index (χ3v) is 6.22. The van der Waals surface area contributed by atoms with E-state index in [9.17, 15) is 0 Å². The molecule has 3 nitrogen and oxygen atoms in total. The Labute approximate surface area is 171 Å². The van der Waals surface area contributed by atoms with Gasteiger partial charge in [-0.05, 0) is 42.5 Å². The SMILES string of the molecule is COc1ccc(NC(=S)N2CCS[C@H]2c2ccc(Cl)cc2Cl)cc1Cl. The van der Waals surface area contributed by atoms with Gasteiger partial charge in [0, 0.05) is 33.6 Å². The quantitative estimate of drug-likeness (QED) is 0.590. The van der Waals surface area contributed by atoms with Crippen molar-refractivity contribution < 1.29 is 4.74 Å². The van der Waals surface area contributed by atoms with Crippen LogP contribution in [0.3, 0.4) is 0 Å². The first kappa shape index (κ1) is 18.9. The maximum absolute atomic E-state index is 6.37. The lowest BCUT2D eigenvalue weighted by Crippen LogP contribution is -2.34. The molecule has 2 aromatic rings. The van der Waals surface area contributed by atoms with Gasteiger partial charge in [0.05, 0.1) is 12.1 Å². The Morgan fingerprint density at radius 2 is 2.00 bits per heavy atom. The summed E-state index contributed by atoms with van der Waals surface area (Å²) in [6, 6.07) is 11.0. The average Bonchev–Trinajstić information content (AvgIpc) is 3.04. The van der Waals surface area contributed by atoms with E-state index in [1.807, 2.05) is 18.2 Å². The molecule has 3 rings (SSSR count). The minimum atomic E-state index is 0.0542. The van der Waals surface area contributed by atoms with Crippen LogP contribution < -0.4 is 10.1 Å². The Kier molecular flexibility index (Phi) is 6.23. The third-order valence-electron chi connectivity index (χ3n) is 3.78. The molecule has 25 heavy (non-hydrogen) atoms. The second kappa shape index (κ2) is 8.23. The minimum Gasteiger partial charge on any atom is -0.495 e. The topological polar surface area (TPSA) is 24.5 Å². The zero-order valence-corrected chi connectivity index (χ0v) is 17.2. The van der Waals surface area contributed by atoms with Gasteiger partial charge in [0.15, 0.2) is 5.11 Å². The molecular formula is C17H15Cl3N2OS2. The molecule has 0 spiro atoms. The number of nitrogens with zero attached hydrogens (tertiary/aromatic N) is 1. The summed E-state index contributed by atoms with van der Waals surface area (Å²) in [5.41, 5.74) is 1.82. The van der Waals surface area contributed by atoms with Crippen LogP contribution in [0.2, 0.25) is 15.1 Å². The Bertz CT molecular complexity index is 803. The zero-order chi connectivity index (χ0) is 18.0. The van der Waals surface area contributed by atoms with Crippen molar-refractivity contribution in [3.8, 4) is 5.75 Å². The fourth-order valence-electron chi connectivity index (χ4n) is 2.58. The van der Waals surface area contributed by atoms with Crippen LogP contribution in [0, 0.1) is 0 Å². The smallest absolute Gasteiger partial charge is 0.174 e. The van der Waals surface area contributed by atoms with Gasteiger partial charge in [-0.3, -0.25) is 0 Å². The van der Waals surface area contributed by atoms with E-state index in [1.54, 1.807) is 37.1 Å². The summed E-state index contributed by atoms with van der Waals surface area (Å²) in [6.45, 7) is 0.837. The molecule has 1 saturated heterocycles. The molecule has 0 aliphatic carbocycles. The summed E-state index contributed by atoms with van der Waals surface area (Å²) in [7, 11) is 1.58. The highest BCUT2D eigenvalue weighted by Crippen LogP contribution is 2.42. The molecule has 0 bridgehead atoms. The summed E-state index contributed by atoms with van der Waals surface area (Å²) in [5.74, 6) is 1.59. The number of methoxy groups -OCH3 is 1. The molecule has 0 aromatic heterocycles. The molecule has 1 N–H and O–H groups in total. The van der Waals surface area contributed by atoms with Gasteiger partial charge in [0.1, 0.15) is 11.1 Å². The summed E-state index contributed by atoms with van der Waals surface area (Å²) in [4.78, 5) is 2.12. The second-order valence-electron chi connectivity index (χ2n) is 5.36. The van der Waals surface area contributed by atoms with E-state index in [-0.39, 0.29) is 5.37 Å². The van der Waals surface area contributed by atoms with E-state index in [0.717, 1.165) is 23.5 Å². The summed E-state index contributed by atoms with van der Waals surface area (Å²) < 4.78 is 5.17. The summed E-state index contributed by atoms with van der Waals surface area (Å²) >= 11 is 26.0. The lowest BCUT2D eigenvalue weighted by Gasteiger charge is -2.27. The number of ether oxygens (including phenoxy) is 1. The fraction of sp³-hybridized carbons (Fsp3) is 0.235. The maximum atomic E-state index is 6.37. The molecule has 1 fully saturated rings. The first-order valence-electron chi connectivity index (χ1n) is 7.47. The molecule has 1 aliphatic heterocycles. The maximum Gasteiger partial charge on any atom is 0.174 e. The Morgan fingerprint density at radius 1 is 1.20 bits per heavy atom.